The summed E-state index contributed by atoms with van der Waals surface area (Å²) in [5.74, 6) is 0. The van der Waals surface area contributed by atoms with Gasteiger partial charge in [0.25, 0.3) is 30.4 Å². The van der Waals surface area contributed by atoms with E-state index >= 15 is 0 Å². The van der Waals surface area contributed by atoms with E-state index in [2.05, 4.69) is 5.32 Å². The minimum Gasteiger partial charge on any atom is -0.329 e. The van der Waals surface area contributed by atoms with Crippen LogP contribution in [0.1, 0.15) is 16.7 Å². The second-order valence-corrected chi connectivity index (χ2v) is 12.5. The van der Waals surface area contributed by atoms with Gasteiger partial charge in [-0.15, -0.1) is 0 Å². The van der Waals surface area contributed by atoms with Crippen molar-refractivity contribution < 1.29 is 38.9 Å². The SMILES string of the molecule is Cc1ccc(S(=O)(=O)O)cc1.Cc1ccc(S(=O)(=O)O)cc1.Cc1ccc(S(=O)(=O)O)cc1.NCCNCCN. The second-order valence-electron chi connectivity index (χ2n) is 8.19. The van der Waals surface area contributed by atoms with Gasteiger partial charge in [0, 0.05) is 26.2 Å². The number of hydrogen-bond acceptors (Lipinski definition) is 9. The van der Waals surface area contributed by atoms with Crippen LogP contribution in [0.25, 0.3) is 0 Å². The van der Waals surface area contributed by atoms with Crippen molar-refractivity contribution in [3.63, 3.8) is 0 Å². The van der Waals surface area contributed by atoms with Gasteiger partial charge in [0.05, 0.1) is 14.7 Å². The molecule has 3 rings (SSSR count). The Labute approximate surface area is 236 Å². The maximum atomic E-state index is 10.5. The first-order valence-corrected chi connectivity index (χ1v) is 16.0. The van der Waals surface area contributed by atoms with E-state index in [1.54, 1.807) is 36.4 Å². The highest BCUT2D eigenvalue weighted by molar-refractivity contribution is 7.86. The van der Waals surface area contributed by atoms with Gasteiger partial charge in [0.15, 0.2) is 0 Å². The fourth-order valence-corrected chi connectivity index (χ4v) is 3.90. The molecule has 3 aromatic carbocycles. The standard InChI is InChI=1S/3C7H8O3S.C4H13N3/c3*1-6-2-4-7(5-3-6)11(8,9)10;5-1-3-7-4-2-6/h3*2-5H,1H3,(H,8,9,10);7H,1-6H2. The van der Waals surface area contributed by atoms with Crippen molar-refractivity contribution >= 4 is 30.4 Å². The number of nitrogens with one attached hydrogen (secondary N) is 1. The normalized spacial score (nSPS) is 11.1. The molecular formula is C25H37N3O9S3. The Hall–Kier alpha value is -2.73. The lowest BCUT2D eigenvalue weighted by atomic mass is 10.2. The van der Waals surface area contributed by atoms with Gasteiger partial charge in [0.1, 0.15) is 0 Å². The van der Waals surface area contributed by atoms with E-state index in [1.165, 1.54) is 36.4 Å². The number of nitrogens with two attached hydrogens (primary N) is 2. The molecule has 0 unspecified atom stereocenters. The van der Waals surface area contributed by atoms with Gasteiger partial charge < -0.3 is 16.8 Å². The summed E-state index contributed by atoms with van der Waals surface area (Å²) in [6.45, 7) is 8.66. The minimum atomic E-state index is -4.02. The number of hydrogen-bond donors (Lipinski definition) is 6. The quantitative estimate of drug-likeness (QED) is 0.165. The summed E-state index contributed by atoms with van der Waals surface area (Å²) in [6, 6.07) is 18.0. The Morgan fingerprint density at radius 3 is 0.850 bits per heavy atom. The molecule has 12 nitrogen and oxygen atoms in total. The molecule has 0 heterocycles. The van der Waals surface area contributed by atoms with Gasteiger partial charge in [-0.05, 0) is 57.2 Å². The molecule has 0 radical (unpaired) electrons. The van der Waals surface area contributed by atoms with Crippen LogP contribution in [-0.2, 0) is 30.4 Å². The van der Waals surface area contributed by atoms with E-state index in [9.17, 15) is 25.3 Å². The van der Waals surface area contributed by atoms with Crippen molar-refractivity contribution in [2.75, 3.05) is 26.2 Å². The molecule has 0 amide bonds. The summed E-state index contributed by atoms with van der Waals surface area (Å²) in [4.78, 5) is -0.200. The lowest BCUT2D eigenvalue weighted by Crippen LogP contribution is -2.27. The summed E-state index contributed by atoms with van der Waals surface area (Å²) in [5.41, 5.74) is 13.2. The van der Waals surface area contributed by atoms with Gasteiger partial charge in [-0.1, -0.05) is 53.1 Å². The fraction of sp³-hybridized carbons (Fsp3) is 0.280. The fourth-order valence-electron chi connectivity index (χ4n) is 2.46. The average Bonchev–Trinajstić information content (AvgIpc) is 2.85. The van der Waals surface area contributed by atoms with Crippen molar-refractivity contribution in [1.82, 2.24) is 5.32 Å². The van der Waals surface area contributed by atoms with Gasteiger partial charge in [0.2, 0.25) is 0 Å². The topological polar surface area (TPSA) is 227 Å². The van der Waals surface area contributed by atoms with Crippen molar-refractivity contribution in [2.24, 2.45) is 11.5 Å². The third-order valence-electron chi connectivity index (χ3n) is 4.60. The molecule has 8 N–H and O–H groups in total. The van der Waals surface area contributed by atoms with Crippen LogP contribution in [0.15, 0.2) is 87.5 Å². The van der Waals surface area contributed by atoms with Crippen molar-refractivity contribution in [3.8, 4) is 0 Å². The summed E-state index contributed by atoms with van der Waals surface area (Å²) in [6.07, 6.45) is 0. The lowest BCUT2D eigenvalue weighted by molar-refractivity contribution is 0.481. The predicted octanol–water partition coefficient (Wildman–Crippen LogP) is 2.22. The molecule has 0 aliphatic carbocycles. The predicted molar refractivity (Wildman–Crippen MR) is 154 cm³/mol. The third-order valence-corrected chi connectivity index (χ3v) is 7.20. The maximum absolute atomic E-state index is 10.5. The molecule has 0 aliphatic heterocycles. The van der Waals surface area contributed by atoms with E-state index in [0.717, 1.165) is 29.8 Å². The van der Waals surface area contributed by atoms with Crippen LogP contribution in [0.4, 0.5) is 0 Å². The van der Waals surface area contributed by atoms with Crippen LogP contribution in [-0.4, -0.2) is 65.1 Å². The molecule has 0 saturated heterocycles. The van der Waals surface area contributed by atoms with Gasteiger partial charge in [-0.2, -0.15) is 25.3 Å². The van der Waals surface area contributed by atoms with Crippen LogP contribution in [0.3, 0.4) is 0 Å². The molecule has 0 aliphatic rings. The lowest BCUT2D eigenvalue weighted by Gasteiger charge is -1.95. The molecule has 0 atom stereocenters. The molecule has 3 aromatic rings. The van der Waals surface area contributed by atoms with Crippen molar-refractivity contribution in [1.29, 1.82) is 0 Å². The Morgan fingerprint density at radius 1 is 0.500 bits per heavy atom. The molecule has 0 spiro atoms. The zero-order chi connectivity index (χ0) is 31.0. The molecule has 40 heavy (non-hydrogen) atoms. The van der Waals surface area contributed by atoms with Crippen LogP contribution in [0, 0.1) is 20.8 Å². The van der Waals surface area contributed by atoms with E-state index < -0.39 is 30.4 Å². The Morgan fingerprint density at radius 2 is 0.700 bits per heavy atom. The van der Waals surface area contributed by atoms with E-state index in [1.807, 2.05) is 20.8 Å². The van der Waals surface area contributed by atoms with Crippen molar-refractivity contribution in [2.45, 2.75) is 35.5 Å². The van der Waals surface area contributed by atoms with Gasteiger partial charge in [-0.3, -0.25) is 13.7 Å². The zero-order valence-electron chi connectivity index (χ0n) is 22.4. The number of aryl methyl sites for hydroxylation is 3. The summed E-state index contributed by atoms with van der Waals surface area (Å²) < 4.78 is 88.7. The van der Waals surface area contributed by atoms with Crippen LogP contribution < -0.4 is 16.8 Å². The smallest absolute Gasteiger partial charge is 0.294 e. The monoisotopic (exact) mass is 619 g/mol. The maximum Gasteiger partial charge on any atom is 0.294 e. The molecule has 0 fully saturated rings. The third kappa shape index (κ3) is 17.1. The molecule has 0 saturated carbocycles. The Kier molecular flexibility index (Phi) is 16.6. The minimum absolute atomic E-state index is 0.0666. The molecule has 0 bridgehead atoms. The summed E-state index contributed by atoms with van der Waals surface area (Å²) in [5, 5.41) is 3.03. The Balaban J connectivity index is 0.000000515. The molecule has 15 heteroatoms. The van der Waals surface area contributed by atoms with Crippen LogP contribution in [0.5, 0.6) is 0 Å². The zero-order valence-corrected chi connectivity index (χ0v) is 24.9. The van der Waals surface area contributed by atoms with Crippen LogP contribution in [0.2, 0.25) is 0 Å². The molecule has 224 valence electrons. The van der Waals surface area contributed by atoms with E-state index in [4.69, 9.17) is 25.1 Å². The van der Waals surface area contributed by atoms with Gasteiger partial charge in [-0.25, -0.2) is 0 Å². The largest absolute Gasteiger partial charge is 0.329 e. The highest BCUT2D eigenvalue weighted by Crippen LogP contribution is 2.10. The first-order valence-electron chi connectivity index (χ1n) is 11.6. The number of benzene rings is 3. The Bertz CT molecular complexity index is 1280. The van der Waals surface area contributed by atoms with Gasteiger partial charge >= 0.3 is 0 Å². The first kappa shape index (κ1) is 37.3. The van der Waals surface area contributed by atoms with Crippen molar-refractivity contribution in [3.05, 3.63) is 89.5 Å². The first-order chi connectivity index (χ1) is 18.4. The van der Waals surface area contributed by atoms with E-state index in [0.29, 0.717) is 13.1 Å². The van der Waals surface area contributed by atoms with E-state index in [-0.39, 0.29) is 14.7 Å². The molecular weight excluding hydrogens is 582 g/mol. The highest BCUT2D eigenvalue weighted by Gasteiger charge is 2.08. The summed E-state index contributed by atoms with van der Waals surface area (Å²) >= 11 is 0. The molecule has 0 aromatic heterocycles. The van der Waals surface area contributed by atoms with Crippen LogP contribution >= 0.6 is 0 Å². The second kappa shape index (κ2) is 17.9. The number of rotatable bonds is 7. The highest BCUT2D eigenvalue weighted by atomic mass is 32.2. The average molecular weight is 620 g/mol. The summed E-state index contributed by atoms with van der Waals surface area (Å²) in [7, 11) is -12.1.